The number of thiophene rings is 1. The maximum absolute atomic E-state index is 12.5. The molecule has 2 aromatic rings. The fourth-order valence-electron chi connectivity index (χ4n) is 2.75. The number of nitrogens with zero attached hydrogens (tertiary/aromatic N) is 2. The fourth-order valence-corrected chi connectivity index (χ4v) is 3.79. The summed E-state index contributed by atoms with van der Waals surface area (Å²) in [5, 5.41) is 1.05. The SMILES string of the molecule is CN(CCN1CCCC1)C(=O)c1cc2cc(N)ccc2s1. The van der Waals surface area contributed by atoms with Crippen LogP contribution >= 0.6 is 11.3 Å². The molecule has 1 aromatic heterocycles. The number of carbonyl (C=O) groups excluding carboxylic acids is 1. The molecule has 112 valence electrons. The summed E-state index contributed by atoms with van der Waals surface area (Å²) in [6, 6.07) is 7.73. The number of fused-ring (bicyclic) bond motifs is 1. The molecule has 5 heteroatoms. The van der Waals surface area contributed by atoms with E-state index in [4.69, 9.17) is 5.73 Å². The number of rotatable bonds is 4. The van der Waals surface area contributed by atoms with E-state index < -0.39 is 0 Å². The van der Waals surface area contributed by atoms with E-state index in [-0.39, 0.29) is 5.91 Å². The van der Waals surface area contributed by atoms with Gasteiger partial charge in [-0.05, 0) is 55.6 Å². The average molecular weight is 303 g/mol. The highest BCUT2D eigenvalue weighted by molar-refractivity contribution is 7.20. The highest BCUT2D eigenvalue weighted by Gasteiger charge is 2.17. The Morgan fingerprint density at radius 2 is 2.10 bits per heavy atom. The zero-order chi connectivity index (χ0) is 14.8. The number of hydrogen-bond donors (Lipinski definition) is 1. The standard InChI is InChI=1S/C16H21N3OS/c1-18(8-9-19-6-2-3-7-19)16(20)15-11-12-10-13(17)4-5-14(12)21-15/h4-5,10-11H,2-3,6-9,17H2,1H3. The van der Waals surface area contributed by atoms with Crippen molar-refractivity contribution >= 4 is 33.0 Å². The first kappa shape index (κ1) is 14.4. The molecule has 0 spiro atoms. The van der Waals surface area contributed by atoms with Gasteiger partial charge >= 0.3 is 0 Å². The van der Waals surface area contributed by atoms with Crippen molar-refractivity contribution in [3.8, 4) is 0 Å². The molecule has 0 bridgehead atoms. The minimum atomic E-state index is 0.106. The Bertz CT molecular complexity index is 646. The summed E-state index contributed by atoms with van der Waals surface area (Å²) in [5.41, 5.74) is 6.53. The number of anilines is 1. The van der Waals surface area contributed by atoms with Gasteiger partial charge in [-0.2, -0.15) is 0 Å². The second kappa shape index (κ2) is 6.03. The van der Waals surface area contributed by atoms with Crippen LogP contribution in [0.25, 0.3) is 10.1 Å². The highest BCUT2D eigenvalue weighted by atomic mass is 32.1. The van der Waals surface area contributed by atoms with Crippen LogP contribution < -0.4 is 5.73 Å². The van der Waals surface area contributed by atoms with Gasteiger partial charge in [-0.1, -0.05) is 0 Å². The lowest BCUT2D eigenvalue weighted by molar-refractivity contribution is 0.0787. The Balaban J connectivity index is 1.67. The molecule has 0 radical (unpaired) electrons. The third-order valence-electron chi connectivity index (χ3n) is 4.05. The number of carbonyl (C=O) groups is 1. The average Bonchev–Trinajstić information content (AvgIpc) is 3.12. The van der Waals surface area contributed by atoms with E-state index in [1.165, 1.54) is 25.9 Å². The van der Waals surface area contributed by atoms with Crippen LogP contribution in [-0.4, -0.2) is 48.9 Å². The third kappa shape index (κ3) is 3.19. The number of amides is 1. The Morgan fingerprint density at radius 1 is 1.33 bits per heavy atom. The Morgan fingerprint density at radius 3 is 2.86 bits per heavy atom. The van der Waals surface area contributed by atoms with Crippen LogP contribution in [0.5, 0.6) is 0 Å². The number of benzene rings is 1. The van der Waals surface area contributed by atoms with Gasteiger partial charge in [-0.15, -0.1) is 11.3 Å². The zero-order valence-corrected chi connectivity index (χ0v) is 13.2. The molecule has 0 saturated carbocycles. The summed E-state index contributed by atoms with van der Waals surface area (Å²) < 4.78 is 1.11. The molecule has 0 atom stereocenters. The lowest BCUT2D eigenvalue weighted by Crippen LogP contribution is -2.34. The van der Waals surface area contributed by atoms with E-state index in [2.05, 4.69) is 4.90 Å². The van der Waals surface area contributed by atoms with Gasteiger partial charge in [-0.3, -0.25) is 4.79 Å². The van der Waals surface area contributed by atoms with Crippen molar-refractivity contribution in [1.82, 2.24) is 9.80 Å². The van der Waals surface area contributed by atoms with E-state index >= 15 is 0 Å². The Kier molecular flexibility index (Phi) is 4.12. The second-order valence-electron chi connectivity index (χ2n) is 5.68. The van der Waals surface area contributed by atoms with E-state index in [0.29, 0.717) is 0 Å². The summed E-state index contributed by atoms with van der Waals surface area (Å²) in [5.74, 6) is 0.106. The van der Waals surface area contributed by atoms with Crippen molar-refractivity contribution in [3.05, 3.63) is 29.1 Å². The minimum absolute atomic E-state index is 0.106. The molecule has 1 aliphatic rings. The van der Waals surface area contributed by atoms with Crippen molar-refractivity contribution in [2.45, 2.75) is 12.8 Å². The first-order valence-corrected chi connectivity index (χ1v) is 8.22. The molecular weight excluding hydrogens is 282 g/mol. The summed E-state index contributed by atoms with van der Waals surface area (Å²) >= 11 is 1.54. The predicted molar refractivity (Wildman–Crippen MR) is 88.9 cm³/mol. The number of likely N-dealkylation sites (N-methyl/N-ethyl adjacent to an activating group) is 1. The number of hydrogen-bond acceptors (Lipinski definition) is 4. The smallest absolute Gasteiger partial charge is 0.263 e. The largest absolute Gasteiger partial charge is 0.399 e. The Labute approximate surface area is 129 Å². The van der Waals surface area contributed by atoms with Gasteiger partial charge in [0.15, 0.2) is 0 Å². The predicted octanol–water partition coefficient (Wildman–Crippen LogP) is 2.65. The zero-order valence-electron chi connectivity index (χ0n) is 12.3. The molecule has 1 amide bonds. The van der Waals surface area contributed by atoms with Crippen LogP contribution in [0.4, 0.5) is 5.69 Å². The monoisotopic (exact) mass is 303 g/mol. The first-order valence-electron chi connectivity index (χ1n) is 7.40. The minimum Gasteiger partial charge on any atom is -0.399 e. The molecular formula is C16H21N3OS. The number of likely N-dealkylation sites (tertiary alicyclic amines) is 1. The van der Waals surface area contributed by atoms with Gasteiger partial charge in [-0.25, -0.2) is 0 Å². The van der Waals surface area contributed by atoms with Gasteiger partial charge in [0.1, 0.15) is 0 Å². The number of nitrogen functional groups attached to an aromatic ring is 1. The lowest BCUT2D eigenvalue weighted by atomic mass is 10.2. The second-order valence-corrected chi connectivity index (χ2v) is 6.77. The lowest BCUT2D eigenvalue weighted by Gasteiger charge is -2.20. The maximum atomic E-state index is 12.5. The van der Waals surface area contributed by atoms with Crippen LogP contribution in [0.1, 0.15) is 22.5 Å². The molecule has 1 aromatic carbocycles. The van der Waals surface area contributed by atoms with E-state index in [1.807, 2.05) is 36.2 Å². The maximum Gasteiger partial charge on any atom is 0.263 e. The van der Waals surface area contributed by atoms with E-state index in [9.17, 15) is 4.79 Å². The first-order chi connectivity index (χ1) is 10.1. The topological polar surface area (TPSA) is 49.6 Å². The summed E-state index contributed by atoms with van der Waals surface area (Å²) in [6.07, 6.45) is 2.57. The van der Waals surface area contributed by atoms with Crippen LogP contribution in [0, 0.1) is 0 Å². The fraction of sp³-hybridized carbons (Fsp3) is 0.438. The van der Waals surface area contributed by atoms with Crippen molar-refractivity contribution in [2.24, 2.45) is 0 Å². The summed E-state index contributed by atoms with van der Waals surface area (Å²) in [7, 11) is 1.89. The Hall–Kier alpha value is -1.59. The van der Waals surface area contributed by atoms with Crippen LogP contribution in [0.15, 0.2) is 24.3 Å². The highest BCUT2D eigenvalue weighted by Crippen LogP contribution is 2.28. The summed E-state index contributed by atoms with van der Waals surface area (Å²) in [4.78, 5) is 17.5. The van der Waals surface area contributed by atoms with Crippen molar-refractivity contribution in [3.63, 3.8) is 0 Å². The molecule has 0 unspecified atom stereocenters. The molecule has 2 heterocycles. The van der Waals surface area contributed by atoms with E-state index in [1.54, 1.807) is 11.3 Å². The van der Waals surface area contributed by atoms with Crippen LogP contribution in [0.3, 0.4) is 0 Å². The van der Waals surface area contributed by atoms with Gasteiger partial charge in [0, 0.05) is 30.5 Å². The molecule has 4 nitrogen and oxygen atoms in total. The van der Waals surface area contributed by atoms with Crippen molar-refractivity contribution < 1.29 is 4.79 Å². The van der Waals surface area contributed by atoms with Crippen LogP contribution in [0.2, 0.25) is 0 Å². The van der Waals surface area contributed by atoms with Gasteiger partial charge in [0.05, 0.1) is 4.88 Å². The molecule has 1 fully saturated rings. The number of nitrogens with two attached hydrogens (primary N) is 1. The molecule has 1 saturated heterocycles. The molecule has 3 rings (SSSR count). The van der Waals surface area contributed by atoms with Gasteiger partial charge in [0.25, 0.3) is 5.91 Å². The molecule has 0 aliphatic carbocycles. The van der Waals surface area contributed by atoms with E-state index in [0.717, 1.165) is 33.7 Å². The quantitative estimate of drug-likeness (QED) is 0.883. The van der Waals surface area contributed by atoms with Crippen LogP contribution in [-0.2, 0) is 0 Å². The van der Waals surface area contributed by atoms with Crippen molar-refractivity contribution in [2.75, 3.05) is 39.0 Å². The normalized spacial score (nSPS) is 15.7. The van der Waals surface area contributed by atoms with Crippen molar-refractivity contribution in [1.29, 1.82) is 0 Å². The molecule has 1 aliphatic heterocycles. The summed E-state index contributed by atoms with van der Waals surface area (Å²) in [6.45, 7) is 4.10. The third-order valence-corrected chi connectivity index (χ3v) is 5.15. The van der Waals surface area contributed by atoms with Gasteiger partial charge < -0.3 is 15.5 Å². The molecule has 21 heavy (non-hydrogen) atoms. The van der Waals surface area contributed by atoms with Gasteiger partial charge in [0.2, 0.25) is 0 Å². The molecule has 2 N–H and O–H groups in total.